The van der Waals surface area contributed by atoms with Gasteiger partial charge in [0.25, 0.3) is 0 Å². The lowest BCUT2D eigenvalue weighted by Crippen LogP contribution is -2.34. The second kappa shape index (κ2) is 11.7. The number of carbonyl (C=O) groups is 1. The number of thiazole rings is 1. The SMILES string of the molecule is C#CCOc1cc(-n2nc(C(C)(C)C)oc2=O)c(Cl)cc1Cl.CNC(=O)N(C)c1nc2ccccc2s1. The minimum absolute atomic E-state index is 0.0434. The molecule has 1 N–H and O–H groups in total. The minimum atomic E-state index is -0.642. The van der Waals surface area contributed by atoms with Crippen molar-refractivity contribution in [3.05, 3.63) is 62.9 Å². The number of hydrogen-bond donors (Lipinski definition) is 1. The molecule has 2 aromatic heterocycles. The Hall–Kier alpha value is -3.52. The van der Waals surface area contributed by atoms with E-state index in [1.54, 1.807) is 14.1 Å². The first kappa shape index (κ1) is 28.1. The maximum atomic E-state index is 12.0. The molecule has 194 valence electrons. The lowest BCUT2D eigenvalue weighted by molar-refractivity contribution is 0.249. The van der Waals surface area contributed by atoms with Crippen LogP contribution in [0.15, 0.2) is 45.6 Å². The number of terminal acetylenes is 1. The Kier molecular flexibility index (Phi) is 8.86. The van der Waals surface area contributed by atoms with E-state index in [2.05, 4.69) is 21.3 Å². The third-order valence-electron chi connectivity index (χ3n) is 4.82. The number of halogens is 2. The molecule has 0 fully saturated rings. The predicted octanol–water partition coefficient (Wildman–Crippen LogP) is 5.51. The molecule has 2 amide bonds. The highest BCUT2D eigenvalue weighted by molar-refractivity contribution is 7.22. The molecule has 0 aliphatic carbocycles. The van der Waals surface area contributed by atoms with Gasteiger partial charge in [0.1, 0.15) is 12.4 Å². The van der Waals surface area contributed by atoms with Gasteiger partial charge in [-0.3, -0.25) is 4.90 Å². The number of fused-ring (bicyclic) bond motifs is 1. The number of urea groups is 1. The fraction of sp³-hybridized carbons (Fsp3) is 0.280. The smallest absolute Gasteiger partial charge is 0.442 e. The average molecular weight is 562 g/mol. The molecular formula is C25H25Cl2N5O4S. The van der Waals surface area contributed by atoms with Gasteiger partial charge in [0, 0.05) is 25.6 Å². The summed E-state index contributed by atoms with van der Waals surface area (Å²) in [6, 6.07) is 10.6. The Bertz CT molecular complexity index is 1480. The summed E-state index contributed by atoms with van der Waals surface area (Å²) in [6.45, 7) is 5.69. The Morgan fingerprint density at radius 3 is 2.57 bits per heavy atom. The highest BCUT2D eigenvalue weighted by Gasteiger charge is 2.24. The Labute approximate surface area is 228 Å². The summed E-state index contributed by atoms with van der Waals surface area (Å²) in [5.74, 6) is 2.31. The van der Waals surface area contributed by atoms with Crippen molar-refractivity contribution in [3.8, 4) is 23.8 Å². The molecule has 2 aromatic carbocycles. The van der Waals surface area contributed by atoms with Crippen molar-refractivity contribution < 1.29 is 13.9 Å². The fourth-order valence-corrected chi connectivity index (χ4v) is 4.35. The first-order valence-corrected chi connectivity index (χ1v) is 12.5. The molecule has 0 aliphatic rings. The van der Waals surface area contributed by atoms with Crippen LogP contribution in [0.1, 0.15) is 26.7 Å². The van der Waals surface area contributed by atoms with Gasteiger partial charge in [-0.25, -0.2) is 14.6 Å². The summed E-state index contributed by atoms with van der Waals surface area (Å²) >= 11 is 13.7. The van der Waals surface area contributed by atoms with Crippen LogP contribution in [0.5, 0.6) is 5.75 Å². The minimum Gasteiger partial charge on any atom is -0.479 e. The van der Waals surface area contributed by atoms with Gasteiger partial charge in [-0.2, -0.15) is 4.68 Å². The van der Waals surface area contributed by atoms with E-state index in [4.69, 9.17) is 38.8 Å². The van der Waals surface area contributed by atoms with Gasteiger partial charge >= 0.3 is 11.8 Å². The van der Waals surface area contributed by atoms with E-state index in [1.807, 2.05) is 45.0 Å². The van der Waals surface area contributed by atoms with Crippen LogP contribution in [-0.2, 0) is 5.41 Å². The lowest BCUT2D eigenvalue weighted by atomic mass is 9.97. The third kappa shape index (κ3) is 6.63. The number of nitrogens with one attached hydrogen (secondary N) is 1. The van der Waals surface area contributed by atoms with E-state index in [-0.39, 0.29) is 22.7 Å². The van der Waals surface area contributed by atoms with E-state index in [1.165, 1.54) is 28.4 Å². The van der Waals surface area contributed by atoms with Crippen LogP contribution >= 0.6 is 34.5 Å². The van der Waals surface area contributed by atoms with Crippen LogP contribution in [0.2, 0.25) is 10.0 Å². The third-order valence-corrected chi connectivity index (χ3v) is 6.53. The number of carbonyl (C=O) groups excluding carboxylic acids is 1. The monoisotopic (exact) mass is 561 g/mol. The number of rotatable bonds is 4. The summed E-state index contributed by atoms with van der Waals surface area (Å²) in [4.78, 5) is 29.3. The molecule has 9 nitrogen and oxygen atoms in total. The van der Waals surface area contributed by atoms with Crippen LogP contribution in [0.4, 0.5) is 9.93 Å². The Morgan fingerprint density at radius 1 is 1.27 bits per heavy atom. The number of amides is 2. The first-order chi connectivity index (χ1) is 17.5. The average Bonchev–Trinajstić information content (AvgIpc) is 3.46. The maximum Gasteiger partial charge on any atom is 0.442 e. The van der Waals surface area contributed by atoms with Gasteiger partial charge in [0.15, 0.2) is 5.13 Å². The van der Waals surface area contributed by atoms with Crippen molar-refractivity contribution in [2.45, 2.75) is 26.2 Å². The standard InChI is InChI=1S/C15H14Cl2N2O3.C10H11N3OS/c1-5-6-21-12-8-11(9(16)7-10(12)17)19-14(20)22-13(18-19)15(2,3)4;1-11-9(14)13(2)10-12-7-5-3-4-6-8(7)15-10/h1,7-8H,6H2,2-4H3;3-6H,1-2H3,(H,11,14). The maximum absolute atomic E-state index is 12.0. The molecule has 4 aromatic rings. The normalized spacial score (nSPS) is 10.9. The van der Waals surface area contributed by atoms with E-state index in [0.717, 1.165) is 14.9 Å². The molecular weight excluding hydrogens is 537 g/mol. The van der Waals surface area contributed by atoms with Gasteiger partial charge in [-0.05, 0) is 18.2 Å². The van der Waals surface area contributed by atoms with Gasteiger partial charge in [0.05, 0.1) is 25.9 Å². The molecule has 12 heteroatoms. The number of nitrogens with zero attached hydrogens (tertiary/aromatic N) is 4. The molecule has 37 heavy (non-hydrogen) atoms. The van der Waals surface area contributed by atoms with Crippen molar-refractivity contribution >= 4 is 55.9 Å². The first-order valence-electron chi connectivity index (χ1n) is 10.9. The number of benzene rings is 2. The van der Waals surface area contributed by atoms with Gasteiger partial charge in [-0.1, -0.05) is 73.4 Å². The lowest BCUT2D eigenvalue weighted by Gasteiger charge is -2.11. The number of aromatic nitrogens is 3. The van der Waals surface area contributed by atoms with Crippen LogP contribution in [0, 0.1) is 12.3 Å². The van der Waals surface area contributed by atoms with Crippen LogP contribution in [0.25, 0.3) is 15.9 Å². The quantitative estimate of drug-likeness (QED) is 0.329. The van der Waals surface area contributed by atoms with Crippen LogP contribution < -0.4 is 20.7 Å². The summed E-state index contributed by atoms with van der Waals surface area (Å²) < 4.78 is 12.6. The molecule has 2 heterocycles. The molecule has 0 aliphatic heterocycles. The highest BCUT2D eigenvalue weighted by atomic mass is 35.5. The second-order valence-electron chi connectivity index (χ2n) is 8.64. The van der Waals surface area contributed by atoms with Crippen LogP contribution in [-0.4, -0.2) is 41.5 Å². The van der Waals surface area contributed by atoms with Crippen molar-refractivity contribution in [1.29, 1.82) is 0 Å². The number of hydrogen-bond acceptors (Lipinski definition) is 7. The molecule has 0 saturated heterocycles. The molecule has 0 bridgehead atoms. The zero-order chi connectivity index (χ0) is 27.3. The second-order valence-corrected chi connectivity index (χ2v) is 10.5. The van der Waals surface area contributed by atoms with Crippen molar-refractivity contribution in [1.82, 2.24) is 20.1 Å². The topological polar surface area (TPSA) is 102 Å². The zero-order valence-corrected chi connectivity index (χ0v) is 23.2. The van der Waals surface area contributed by atoms with Crippen LogP contribution in [0.3, 0.4) is 0 Å². The summed E-state index contributed by atoms with van der Waals surface area (Å²) in [5.41, 5.74) is 0.821. The molecule has 0 atom stereocenters. The largest absolute Gasteiger partial charge is 0.479 e. The summed E-state index contributed by atoms with van der Waals surface area (Å²) in [7, 11) is 3.31. The molecule has 4 rings (SSSR count). The van der Waals surface area contributed by atoms with Gasteiger partial charge in [-0.15, -0.1) is 11.5 Å². The van der Waals surface area contributed by atoms with Gasteiger partial charge < -0.3 is 14.5 Å². The number of ether oxygens (including phenoxy) is 1. The van der Waals surface area contributed by atoms with E-state index >= 15 is 0 Å². The molecule has 0 saturated carbocycles. The Balaban J connectivity index is 0.000000220. The molecule has 0 spiro atoms. The number of anilines is 1. The summed E-state index contributed by atoms with van der Waals surface area (Å²) in [6.07, 6.45) is 5.15. The molecule has 0 unspecified atom stereocenters. The summed E-state index contributed by atoms with van der Waals surface area (Å²) in [5, 5.41) is 7.98. The highest BCUT2D eigenvalue weighted by Crippen LogP contribution is 2.33. The fourth-order valence-electron chi connectivity index (χ4n) is 2.90. The van der Waals surface area contributed by atoms with E-state index < -0.39 is 11.2 Å². The zero-order valence-electron chi connectivity index (χ0n) is 20.8. The molecule has 0 radical (unpaired) electrons. The number of para-hydroxylation sites is 1. The Morgan fingerprint density at radius 2 is 1.97 bits per heavy atom. The van der Waals surface area contributed by atoms with Gasteiger partial charge in [0.2, 0.25) is 5.89 Å². The van der Waals surface area contributed by atoms with Crippen molar-refractivity contribution in [2.75, 3.05) is 25.6 Å². The van der Waals surface area contributed by atoms with E-state index in [9.17, 15) is 9.59 Å². The predicted molar refractivity (Wildman–Crippen MR) is 148 cm³/mol. The van der Waals surface area contributed by atoms with Crippen molar-refractivity contribution in [3.63, 3.8) is 0 Å². The van der Waals surface area contributed by atoms with E-state index in [0.29, 0.717) is 22.5 Å². The van der Waals surface area contributed by atoms with Crippen molar-refractivity contribution in [2.24, 2.45) is 0 Å².